The first kappa shape index (κ1) is 15.6. The van der Waals surface area contributed by atoms with Gasteiger partial charge in [0.25, 0.3) is 0 Å². The Morgan fingerprint density at radius 3 is 2.65 bits per heavy atom. The average molecular weight is 314 g/mol. The highest BCUT2D eigenvalue weighted by molar-refractivity contribution is 5.83. The van der Waals surface area contributed by atoms with Gasteiger partial charge in [0.1, 0.15) is 18.0 Å². The van der Waals surface area contributed by atoms with Crippen LogP contribution in [0.5, 0.6) is 0 Å². The second-order valence-electron chi connectivity index (χ2n) is 5.70. The molecule has 1 aliphatic rings. The van der Waals surface area contributed by atoms with Crippen molar-refractivity contribution in [3.63, 3.8) is 0 Å². The number of carbonyl (C=O) groups excluding carboxylic acids is 1. The molecule has 1 unspecified atom stereocenters. The molecular weight excluding hydrogens is 295 g/mol. The molecule has 0 heterocycles. The molecule has 1 aliphatic carbocycles. The van der Waals surface area contributed by atoms with Crippen molar-refractivity contribution in [2.75, 3.05) is 7.11 Å². The number of benzene rings is 2. The van der Waals surface area contributed by atoms with Crippen molar-refractivity contribution in [3.05, 3.63) is 71.0 Å². The summed E-state index contributed by atoms with van der Waals surface area (Å²) in [7, 11) is 1.63. The van der Waals surface area contributed by atoms with Crippen LogP contribution >= 0.6 is 0 Å². The lowest BCUT2D eigenvalue weighted by atomic mass is 10.1. The van der Waals surface area contributed by atoms with Crippen molar-refractivity contribution in [2.24, 2.45) is 5.73 Å². The molecule has 0 bridgehead atoms. The first-order valence-electron chi connectivity index (χ1n) is 7.52. The zero-order valence-corrected chi connectivity index (χ0v) is 12.8. The van der Waals surface area contributed by atoms with E-state index in [-0.39, 0.29) is 23.9 Å². The van der Waals surface area contributed by atoms with Gasteiger partial charge in [-0.15, -0.1) is 0 Å². The fourth-order valence-corrected chi connectivity index (χ4v) is 3.07. The summed E-state index contributed by atoms with van der Waals surface area (Å²) >= 11 is 0. The number of nitrogens with two attached hydrogens (primary N) is 1. The molecule has 5 heteroatoms. The molecule has 3 atom stereocenters. The largest absolute Gasteiger partial charge is 0.375 e. The molecule has 0 spiro atoms. The number of hydrogen-bond acceptors (Lipinski definition) is 3. The summed E-state index contributed by atoms with van der Waals surface area (Å²) in [5.41, 5.74) is 8.82. The number of hydrogen-bond donors (Lipinski definition) is 2. The normalized spacial score (nSPS) is 20.8. The van der Waals surface area contributed by atoms with Gasteiger partial charge in [-0.25, -0.2) is 4.39 Å². The second-order valence-corrected chi connectivity index (χ2v) is 5.70. The first-order valence-corrected chi connectivity index (χ1v) is 7.52. The highest BCUT2D eigenvalue weighted by Crippen LogP contribution is 2.33. The second kappa shape index (κ2) is 6.48. The van der Waals surface area contributed by atoms with Gasteiger partial charge in [0, 0.05) is 7.11 Å². The number of amides is 1. The summed E-state index contributed by atoms with van der Waals surface area (Å²) in [6.45, 7) is 0. The molecule has 4 nitrogen and oxygen atoms in total. The first-order chi connectivity index (χ1) is 11.1. The summed E-state index contributed by atoms with van der Waals surface area (Å²) in [5.74, 6) is -0.650. The van der Waals surface area contributed by atoms with Crippen LogP contribution in [0.25, 0.3) is 0 Å². The quantitative estimate of drug-likeness (QED) is 0.910. The minimum absolute atomic E-state index is 0.156. The number of halogens is 1. The van der Waals surface area contributed by atoms with Crippen LogP contribution in [0.3, 0.4) is 0 Å². The van der Waals surface area contributed by atoms with Crippen molar-refractivity contribution < 1.29 is 13.9 Å². The molecule has 3 rings (SSSR count). The van der Waals surface area contributed by atoms with E-state index in [0.717, 1.165) is 5.56 Å². The maximum Gasteiger partial charge on any atom is 0.241 e. The van der Waals surface area contributed by atoms with Crippen LogP contribution in [0, 0.1) is 5.82 Å². The Kier molecular flexibility index (Phi) is 4.41. The van der Waals surface area contributed by atoms with Gasteiger partial charge in [0.05, 0.1) is 6.04 Å². The maximum absolute atomic E-state index is 13.0. The zero-order valence-electron chi connectivity index (χ0n) is 12.8. The van der Waals surface area contributed by atoms with Gasteiger partial charge in [-0.05, 0) is 35.2 Å². The Hall–Kier alpha value is -2.24. The zero-order chi connectivity index (χ0) is 16.4. The summed E-state index contributed by atoms with van der Waals surface area (Å²) < 4.78 is 18.5. The highest BCUT2D eigenvalue weighted by Gasteiger charge is 2.34. The van der Waals surface area contributed by atoms with E-state index in [2.05, 4.69) is 5.32 Å². The minimum atomic E-state index is -0.836. The lowest BCUT2D eigenvalue weighted by molar-refractivity contribution is -0.124. The van der Waals surface area contributed by atoms with E-state index in [1.807, 2.05) is 24.3 Å². The van der Waals surface area contributed by atoms with Crippen LogP contribution in [0.15, 0.2) is 48.5 Å². The van der Waals surface area contributed by atoms with Crippen LogP contribution in [-0.4, -0.2) is 19.1 Å². The van der Waals surface area contributed by atoms with Crippen molar-refractivity contribution >= 4 is 5.91 Å². The SMILES string of the molecule is CO[C@@H]1c2ccccc2C[C@H]1NC(=O)C(N)c1ccc(F)cc1. The number of ether oxygens (including phenoxy) is 1. The monoisotopic (exact) mass is 314 g/mol. The van der Waals surface area contributed by atoms with Gasteiger partial charge < -0.3 is 15.8 Å². The smallest absolute Gasteiger partial charge is 0.241 e. The van der Waals surface area contributed by atoms with E-state index in [4.69, 9.17) is 10.5 Å². The maximum atomic E-state index is 13.0. The topological polar surface area (TPSA) is 64.3 Å². The van der Waals surface area contributed by atoms with Gasteiger partial charge in [-0.3, -0.25) is 4.79 Å². The summed E-state index contributed by atoms with van der Waals surface area (Å²) in [6.07, 6.45) is 0.520. The predicted molar refractivity (Wildman–Crippen MR) is 85.2 cm³/mol. The Balaban J connectivity index is 1.72. The Morgan fingerprint density at radius 1 is 1.26 bits per heavy atom. The van der Waals surface area contributed by atoms with Gasteiger partial charge in [-0.2, -0.15) is 0 Å². The standard InChI is InChI=1S/C18H19FN2O2/c1-23-17-14-5-3-2-4-12(14)10-15(17)21-18(22)16(20)11-6-8-13(19)9-7-11/h2-9,15-17H,10,20H2,1H3,(H,21,22)/t15-,16?,17-/m1/s1. The molecule has 2 aromatic rings. The predicted octanol–water partition coefficient (Wildman–Crippen LogP) is 2.25. The third kappa shape index (κ3) is 3.11. The average Bonchev–Trinajstić information content (AvgIpc) is 2.91. The lowest BCUT2D eigenvalue weighted by Crippen LogP contribution is -2.43. The Morgan fingerprint density at radius 2 is 1.96 bits per heavy atom. The van der Waals surface area contributed by atoms with Crippen LogP contribution in [0.1, 0.15) is 28.8 Å². The van der Waals surface area contributed by atoms with E-state index in [9.17, 15) is 9.18 Å². The van der Waals surface area contributed by atoms with E-state index in [0.29, 0.717) is 12.0 Å². The van der Waals surface area contributed by atoms with E-state index in [1.54, 1.807) is 7.11 Å². The molecule has 3 N–H and O–H groups in total. The van der Waals surface area contributed by atoms with Gasteiger partial charge in [0.2, 0.25) is 5.91 Å². The molecule has 23 heavy (non-hydrogen) atoms. The minimum Gasteiger partial charge on any atom is -0.375 e. The fourth-order valence-electron chi connectivity index (χ4n) is 3.07. The molecule has 0 aliphatic heterocycles. The number of carbonyl (C=O) groups is 1. The number of fused-ring (bicyclic) bond motifs is 1. The summed E-state index contributed by atoms with van der Waals surface area (Å²) in [5, 5.41) is 2.96. The molecular formula is C18H19FN2O2. The number of rotatable bonds is 4. The third-order valence-electron chi connectivity index (χ3n) is 4.26. The van der Waals surface area contributed by atoms with Gasteiger partial charge in [0.15, 0.2) is 0 Å². The molecule has 0 aromatic heterocycles. The lowest BCUT2D eigenvalue weighted by Gasteiger charge is -2.22. The van der Waals surface area contributed by atoms with Gasteiger partial charge >= 0.3 is 0 Å². The third-order valence-corrected chi connectivity index (χ3v) is 4.26. The van der Waals surface area contributed by atoms with Crippen molar-refractivity contribution in [2.45, 2.75) is 24.6 Å². The summed E-state index contributed by atoms with van der Waals surface area (Å²) in [4.78, 5) is 12.4. The van der Waals surface area contributed by atoms with Crippen LogP contribution in [0.4, 0.5) is 4.39 Å². The van der Waals surface area contributed by atoms with Crippen molar-refractivity contribution in [3.8, 4) is 0 Å². The van der Waals surface area contributed by atoms with E-state index in [1.165, 1.54) is 29.8 Å². The van der Waals surface area contributed by atoms with Crippen LogP contribution in [-0.2, 0) is 16.0 Å². The van der Waals surface area contributed by atoms with Crippen LogP contribution < -0.4 is 11.1 Å². The number of methoxy groups -OCH3 is 1. The Bertz CT molecular complexity index is 702. The van der Waals surface area contributed by atoms with Crippen molar-refractivity contribution in [1.29, 1.82) is 0 Å². The van der Waals surface area contributed by atoms with Crippen molar-refractivity contribution in [1.82, 2.24) is 5.32 Å². The Labute approximate surface area is 134 Å². The number of nitrogens with one attached hydrogen (secondary N) is 1. The molecule has 120 valence electrons. The van der Waals surface area contributed by atoms with E-state index < -0.39 is 6.04 Å². The molecule has 0 radical (unpaired) electrons. The van der Waals surface area contributed by atoms with Crippen LogP contribution in [0.2, 0.25) is 0 Å². The molecule has 0 fully saturated rings. The van der Waals surface area contributed by atoms with Gasteiger partial charge in [-0.1, -0.05) is 36.4 Å². The fraction of sp³-hybridized carbons (Fsp3) is 0.278. The van der Waals surface area contributed by atoms with E-state index >= 15 is 0 Å². The molecule has 0 saturated carbocycles. The highest BCUT2D eigenvalue weighted by atomic mass is 19.1. The molecule has 2 aromatic carbocycles. The summed E-state index contributed by atoms with van der Waals surface area (Å²) in [6, 6.07) is 12.6. The molecule has 1 amide bonds. The molecule has 0 saturated heterocycles.